The lowest BCUT2D eigenvalue weighted by Crippen LogP contribution is -2.03. The first-order valence-electron chi connectivity index (χ1n) is 7.33. The largest absolute Gasteiger partial charge is 0.444 e. The molecule has 0 amide bonds. The van der Waals surface area contributed by atoms with E-state index in [0.29, 0.717) is 18.1 Å². The van der Waals surface area contributed by atoms with Gasteiger partial charge in [0.25, 0.3) is 0 Å². The van der Waals surface area contributed by atoms with Gasteiger partial charge in [-0.3, -0.25) is 0 Å². The monoisotopic (exact) mass is 343 g/mol. The molecule has 0 bridgehead atoms. The van der Waals surface area contributed by atoms with Crippen LogP contribution in [0.5, 0.6) is 0 Å². The first-order chi connectivity index (χ1) is 11.4. The Morgan fingerprint density at radius 2 is 1.88 bits per heavy atom. The van der Waals surface area contributed by atoms with E-state index in [1.807, 2.05) is 31.2 Å². The van der Waals surface area contributed by atoms with Crippen LogP contribution >= 0.6 is 0 Å². The van der Waals surface area contributed by atoms with E-state index in [1.54, 1.807) is 12.3 Å². The van der Waals surface area contributed by atoms with E-state index in [-0.39, 0.29) is 5.03 Å². The minimum Gasteiger partial charge on any atom is -0.444 e. The molecule has 0 radical (unpaired) electrons. The molecule has 0 spiro atoms. The summed E-state index contributed by atoms with van der Waals surface area (Å²) in [6.07, 6.45) is 4.21. The Hall–Kier alpha value is -2.67. The number of aryl methyl sites for hydroxylation is 1. The molecule has 124 valence electrons. The van der Waals surface area contributed by atoms with Gasteiger partial charge < -0.3 is 9.73 Å². The zero-order valence-electron chi connectivity index (χ0n) is 13.4. The van der Waals surface area contributed by atoms with Crippen LogP contribution in [0.2, 0.25) is 0 Å². The second-order valence-electron chi connectivity index (χ2n) is 5.52. The van der Waals surface area contributed by atoms with Crippen molar-refractivity contribution in [2.45, 2.75) is 18.5 Å². The highest BCUT2D eigenvalue weighted by Crippen LogP contribution is 2.19. The van der Waals surface area contributed by atoms with E-state index in [9.17, 15) is 8.42 Å². The van der Waals surface area contributed by atoms with Crippen LogP contribution in [0.25, 0.3) is 11.5 Å². The van der Waals surface area contributed by atoms with Gasteiger partial charge in [0.2, 0.25) is 5.89 Å². The molecular formula is C17H17N3O3S. The summed E-state index contributed by atoms with van der Waals surface area (Å²) in [5.41, 5.74) is 3.56. The lowest BCUT2D eigenvalue weighted by Gasteiger charge is -2.04. The second kappa shape index (κ2) is 6.45. The highest BCUT2D eigenvalue weighted by molar-refractivity contribution is 7.90. The summed E-state index contributed by atoms with van der Waals surface area (Å²) >= 11 is 0. The predicted octanol–water partition coefficient (Wildman–Crippen LogP) is 3.06. The summed E-state index contributed by atoms with van der Waals surface area (Å²) in [5.74, 6) is 0.567. The summed E-state index contributed by atoms with van der Waals surface area (Å²) < 4.78 is 28.3. The standard InChI is InChI=1S/C17H17N3O3S/c1-12-3-5-13(6-4-12)17-20-15(11-23-17)10-18-14-7-8-16(19-9-14)24(2,21)22/h3-9,11,18H,10H2,1-2H3. The van der Waals surface area contributed by atoms with Gasteiger partial charge in [0.1, 0.15) is 6.26 Å². The number of nitrogens with one attached hydrogen (secondary N) is 1. The van der Waals surface area contributed by atoms with Crippen molar-refractivity contribution >= 4 is 15.5 Å². The third-order valence-corrected chi connectivity index (χ3v) is 4.44. The number of sulfone groups is 1. The smallest absolute Gasteiger partial charge is 0.226 e. The number of hydrogen-bond acceptors (Lipinski definition) is 6. The van der Waals surface area contributed by atoms with Crippen molar-refractivity contribution in [3.8, 4) is 11.5 Å². The van der Waals surface area contributed by atoms with Crippen LogP contribution in [0.1, 0.15) is 11.3 Å². The lowest BCUT2D eigenvalue weighted by atomic mass is 10.1. The molecule has 7 heteroatoms. The highest BCUT2D eigenvalue weighted by Gasteiger charge is 2.09. The van der Waals surface area contributed by atoms with Gasteiger partial charge in [-0.25, -0.2) is 18.4 Å². The number of nitrogens with zero attached hydrogens (tertiary/aromatic N) is 2. The summed E-state index contributed by atoms with van der Waals surface area (Å²) in [5, 5.41) is 3.19. The topological polar surface area (TPSA) is 85.1 Å². The molecule has 6 nitrogen and oxygen atoms in total. The van der Waals surface area contributed by atoms with Crippen molar-refractivity contribution in [2.75, 3.05) is 11.6 Å². The second-order valence-corrected chi connectivity index (χ2v) is 7.48. The Bertz CT molecular complexity index is 930. The predicted molar refractivity (Wildman–Crippen MR) is 91.3 cm³/mol. The van der Waals surface area contributed by atoms with Crippen molar-refractivity contribution in [1.82, 2.24) is 9.97 Å². The van der Waals surface area contributed by atoms with Gasteiger partial charge in [0.05, 0.1) is 24.1 Å². The maximum Gasteiger partial charge on any atom is 0.226 e. The Morgan fingerprint density at radius 1 is 1.12 bits per heavy atom. The molecule has 0 fully saturated rings. The average molecular weight is 343 g/mol. The Kier molecular flexibility index (Phi) is 4.35. The van der Waals surface area contributed by atoms with Gasteiger partial charge in [-0.05, 0) is 31.2 Å². The van der Waals surface area contributed by atoms with E-state index in [2.05, 4.69) is 15.3 Å². The molecule has 1 aromatic carbocycles. The minimum atomic E-state index is -3.28. The normalized spacial score (nSPS) is 11.4. The van der Waals surface area contributed by atoms with Crippen molar-refractivity contribution in [2.24, 2.45) is 0 Å². The van der Waals surface area contributed by atoms with Crippen LogP contribution in [0, 0.1) is 6.92 Å². The average Bonchev–Trinajstić information content (AvgIpc) is 3.02. The van der Waals surface area contributed by atoms with Gasteiger partial charge in [-0.15, -0.1) is 0 Å². The van der Waals surface area contributed by atoms with Crippen LogP contribution in [-0.4, -0.2) is 24.6 Å². The molecule has 24 heavy (non-hydrogen) atoms. The molecule has 0 saturated heterocycles. The number of hydrogen-bond donors (Lipinski definition) is 1. The van der Waals surface area contributed by atoms with Crippen LogP contribution in [0.3, 0.4) is 0 Å². The molecule has 0 atom stereocenters. The minimum absolute atomic E-state index is 0.0520. The van der Waals surface area contributed by atoms with Crippen molar-refractivity contribution in [1.29, 1.82) is 0 Å². The third kappa shape index (κ3) is 3.80. The fraction of sp³-hybridized carbons (Fsp3) is 0.176. The van der Waals surface area contributed by atoms with Crippen molar-refractivity contribution < 1.29 is 12.8 Å². The van der Waals surface area contributed by atoms with Crippen LogP contribution in [-0.2, 0) is 16.4 Å². The summed E-state index contributed by atoms with van der Waals surface area (Å²) in [4.78, 5) is 8.37. The fourth-order valence-corrected chi connectivity index (χ4v) is 2.67. The SMILES string of the molecule is Cc1ccc(-c2nc(CNc3ccc(S(C)(=O)=O)nc3)co2)cc1. The molecule has 2 heterocycles. The van der Waals surface area contributed by atoms with Crippen molar-refractivity contribution in [3.05, 3.63) is 60.1 Å². The number of oxazole rings is 1. The van der Waals surface area contributed by atoms with E-state index in [0.717, 1.165) is 17.5 Å². The zero-order valence-corrected chi connectivity index (χ0v) is 14.2. The molecule has 0 unspecified atom stereocenters. The van der Waals surface area contributed by atoms with Gasteiger partial charge in [-0.1, -0.05) is 17.7 Å². The van der Waals surface area contributed by atoms with E-state index in [1.165, 1.54) is 17.8 Å². The summed E-state index contributed by atoms with van der Waals surface area (Å²) in [6.45, 7) is 2.48. The number of rotatable bonds is 5. The highest BCUT2D eigenvalue weighted by atomic mass is 32.2. The van der Waals surface area contributed by atoms with Gasteiger partial charge in [-0.2, -0.15) is 0 Å². The van der Waals surface area contributed by atoms with E-state index < -0.39 is 9.84 Å². The van der Waals surface area contributed by atoms with Gasteiger partial charge in [0, 0.05) is 11.8 Å². The van der Waals surface area contributed by atoms with Crippen molar-refractivity contribution in [3.63, 3.8) is 0 Å². The van der Waals surface area contributed by atoms with Crippen LogP contribution in [0.4, 0.5) is 5.69 Å². The van der Waals surface area contributed by atoms with Gasteiger partial charge in [0.15, 0.2) is 14.9 Å². The molecule has 0 aliphatic carbocycles. The van der Waals surface area contributed by atoms with E-state index in [4.69, 9.17) is 4.42 Å². The fourth-order valence-electron chi connectivity index (χ4n) is 2.11. The lowest BCUT2D eigenvalue weighted by molar-refractivity contribution is 0.573. The molecule has 0 aliphatic rings. The Labute approximate surface area is 140 Å². The third-order valence-electron chi connectivity index (χ3n) is 3.44. The van der Waals surface area contributed by atoms with Crippen LogP contribution < -0.4 is 5.32 Å². The maximum atomic E-state index is 11.4. The number of benzene rings is 1. The zero-order chi connectivity index (χ0) is 17.2. The molecular weight excluding hydrogens is 326 g/mol. The number of anilines is 1. The molecule has 0 saturated carbocycles. The molecule has 0 aliphatic heterocycles. The quantitative estimate of drug-likeness (QED) is 0.766. The number of pyridine rings is 1. The summed E-state index contributed by atoms with van der Waals surface area (Å²) in [7, 11) is -3.28. The van der Waals surface area contributed by atoms with E-state index >= 15 is 0 Å². The maximum absolute atomic E-state index is 11.4. The summed E-state index contributed by atoms with van der Waals surface area (Å²) in [6, 6.07) is 11.1. The molecule has 3 rings (SSSR count). The van der Waals surface area contributed by atoms with Gasteiger partial charge >= 0.3 is 0 Å². The molecule has 2 aromatic heterocycles. The Morgan fingerprint density at radius 3 is 2.50 bits per heavy atom. The number of aromatic nitrogens is 2. The first-order valence-corrected chi connectivity index (χ1v) is 9.22. The Balaban J connectivity index is 1.66. The first kappa shape index (κ1) is 16.2. The van der Waals surface area contributed by atoms with Crippen LogP contribution in [0.15, 0.2) is 58.3 Å². The molecule has 1 N–H and O–H groups in total. The molecule has 3 aromatic rings.